The normalized spacial score (nSPS) is 12.2. The number of hydrogen-bond acceptors (Lipinski definition) is 2. The van der Waals surface area contributed by atoms with Gasteiger partial charge in [-0.15, -0.1) is 0 Å². The maximum Gasteiger partial charge on any atom is 0.221 e. The fourth-order valence-corrected chi connectivity index (χ4v) is 5.41. The first-order valence-electron chi connectivity index (χ1n) is 5.71. The van der Waals surface area contributed by atoms with Gasteiger partial charge in [0.05, 0.1) is 11.6 Å². The largest absolute Gasteiger partial charge is 0.452 e. The summed E-state index contributed by atoms with van der Waals surface area (Å²) in [5.41, 5.74) is 0.753. The van der Waals surface area contributed by atoms with Crippen LogP contribution in [0, 0.1) is 11.3 Å². The van der Waals surface area contributed by atoms with E-state index in [0.29, 0.717) is 9.76 Å². The first-order valence-corrected chi connectivity index (χ1v) is 9.53. The van der Waals surface area contributed by atoms with Crippen LogP contribution in [0.25, 0.3) is 0 Å². The Morgan fingerprint density at radius 2 is 1.82 bits per heavy atom. The Bertz CT molecular complexity index is 430. The van der Waals surface area contributed by atoms with Gasteiger partial charge >= 0.3 is 0 Å². The third-order valence-electron chi connectivity index (χ3n) is 2.31. The number of nitriles is 1. The fraction of sp³-hybridized carbons (Fsp3) is 0.462. The molecule has 0 saturated heterocycles. The molecule has 0 aliphatic heterocycles. The zero-order valence-electron chi connectivity index (χ0n) is 11.2. The molecule has 0 fully saturated rings. The van der Waals surface area contributed by atoms with Gasteiger partial charge in [-0.1, -0.05) is 39.0 Å². The van der Waals surface area contributed by atoms with E-state index in [2.05, 4.69) is 39.9 Å². The van der Waals surface area contributed by atoms with E-state index in [-0.39, 0.29) is 5.04 Å². The lowest BCUT2D eigenvalue weighted by Gasteiger charge is -2.28. The highest BCUT2D eigenvalue weighted by atomic mass is 28.4. The summed E-state index contributed by atoms with van der Waals surface area (Å²) in [6.45, 7) is 10.8. The summed E-state index contributed by atoms with van der Waals surface area (Å²) < 4.78 is 6.14. The van der Waals surface area contributed by atoms with Gasteiger partial charge in [-0.3, -0.25) is 0 Å². The molecular weight excluding hydrogens is 242 g/mol. The van der Waals surface area contributed by atoms with E-state index >= 15 is 0 Å². The molecule has 0 saturated carbocycles. The lowest BCUT2D eigenvalue weighted by Crippen LogP contribution is -2.48. The van der Waals surface area contributed by atoms with E-state index in [1.54, 1.807) is 0 Å². The molecule has 0 N–H and O–H groups in total. The molecule has 0 heterocycles. The Balaban J connectivity index is 2.93. The van der Waals surface area contributed by atoms with Crippen molar-refractivity contribution in [1.82, 2.24) is 0 Å². The van der Waals surface area contributed by atoms with Gasteiger partial charge in [-0.05, 0) is 29.4 Å². The summed E-state index contributed by atoms with van der Waals surface area (Å²) in [4.78, 5) is 0. The standard InChI is InChI=1S/C13H19NOSi2/c1-13(2,3)16-15-17(4,5)12-9-7-6-8-11(12)10-14/h6-9H,1-5H3. The highest BCUT2D eigenvalue weighted by Gasteiger charge is 2.30. The lowest BCUT2D eigenvalue weighted by atomic mass is 10.2. The molecule has 0 bridgehead atoms. The van der Waals surface area contributed by atoms with Crippen LogP contribution in [-0.4, -0.2) is 18.1 Å². The maximum atomic E-state index is 9.13. The second-order valence-electron chi connectivity index (χ2n) is 5.62. The first-order chi connectivity index (χ1) is 7.76. The minimum absolute atomic E-state index is 0.186. The van der Waals surface area contributed by atoms with E-state index in [1.165, 1.54) is 0 Å². The minimum Gasteiger partial charge on any atom is -0.452 e. The average Bonchev–Trinajstić information content (AvgIpc) is 2.26. The second-order valence-corrected chi connectivity index (χ2v) is 11.7. The predicted octanol–water partition coefficient (Wildman–Crippen LogP) is 2.82. The molecule has 2 radical (unpaired) electrons. The van der Waals surface area contributed by atoms with Gasteiger partial charge in [0.25, 0.3) is 0 Å². The average molecular weight is 261 g/mol. The number of hydrogen-bond donors (Lipinski definition) is 0. The summed E-state index contributed by atoms with van der Waals surface area (Å²) in [6, 6.07) is 10.0. The van der Waals surface area contributed by atoms with Gasteiger partial charge in [0.1, 0.15) is 0 Å². The van der Waals surface area contributed by atoms with Crippen LogP contribution in [0.4, 0.5) is 0 Å². The SMILES string of the molecule is CC(C)(C)[Si]O[Si](C)(C)c1ccccc1C#N. The first kappa shape index (κ1) is 14.2. The van der Waals surface area contributed by atoms with Crippen LogP contribution in [0.1, 0.15) is 26.3 Å². The van der Waals surface area contributed by atoms with Gasteiger partial charge in [0.15, 0.2) is 0 Å². The summed E-state index contributed by atoms with van der Waals surface area (Å²) in [7, 11) is -1.50. The molecule has 0 spiro atoms. The topological polar surface area (TPSA) is 33.0 Å². The quantitative estimate of drug-likeness (QED) is 0.784. The Morgan fingerprint density at radius 3 is 2.35 bits per heavy atom. The molecule has 1 rings (SSSR count). The molecule has 1 aromatic rings. The van der Waals surface area contributed by atoms with Crippen LogP contribution in [-0.2, 0) is 4.12 Å². The smallest absolute Gasteiger partial charge is 0.221 e. The molecule has 90 valence electrons. The van der Waals surface area contributed by atoms with Crippen LogP contribution >= 0.6 is 0 Å². The zero-order valence-corrected chi connectivity index (χ0v) is 13.2. The van der Waals surface area contributed by atoms with Gasteiger partial charge < -0.3 is 4.12 Å². The lowest BCUT2D eigenvalue weighted by molar-refractivity contribution is 0.550. The van der Waals surface area contributed by atoms with Gasteiger partial charge in [0.2, 0.25) is 18.1 Å². The molecule has 0 amide bonds. The molecule has 1 aromatic carbocycles. The van der Waals surface area contributed by atoms with Crippen molar-refractivity contribution in [1.29, 1.82) is 5.26 Å². The maximum absolute atomic E-state index is 9.13. The Kier molecular flexibility index (Phi) is 4.31. The molecule has 0 aliphatic carbocycles. The van der Waals surface area contributed by atoms with Crippen molar-refractivity contribution in [3.63, 3.8) is 0 Å². The van der Waals surface area contributed by atoms with Crippen LogP contribution in [0.15, 0.2) is 24.3 Å². The monoisotopic (exact) mass is 261 g/mol. The van der Waals surface area contributed by atoms with Crippen LogP contribution in [0.5, 0.6) is 0 Å². The Hall–Kier alpha value is -0.896. The summed E-state index contributed by atoms with van der Waals surface area (Å²) in [5.74, 6) is 0. The molecule has 2 nitrogen and oxygen atoms in total. The molecule has 0 unspecified atom stereocenters. The van der Waals surface area contributed by atoms with Crippen LogP contribution in [0.3, 0.4) is 0 Å². The molecule has 0 atom stereocenters. The second kappa shape index (κ2) is 5.17. The summed E-state index contributed by atoms with van der Waals surface area (Å²) >= 11 is 0. The van der Waals surface area contributed by atoms with Gasteiger partial charge in [-0.2, -0.15) is 5.26 Å². The highest BCUT2D eigenvalue weighted by molar-refractivity contribution is 6.87. The van der Waals surface area contributed by atoms with Crippen molar-refractivity contribution < 1.29 is 4.12 Å². The number of rotatable bonds is 3. The number of benzene rings is 1. The van der Waals surface area contributed by atoms with E-state index < -0.39 is 8.32 Å². The third-order valence-corrected chi connectivity index (χ3v) is 7.10. The van der Waals surface area contributed by atoms with Crippen molar-refractivity contribution in [3.05, 3.63) is 29.8 Å². The number of nitrogens with zero attached hydrogens (tertiary/aromatic N) is 1. The minimum atomic E-state index is -1.96. The van der Waals surface area contributed by atoms with Crippen molar-refractivity contribution in [2.24, 2.45) is 0 Å². The van der Waals surface area contributed by atoms with Crippen molar-refractivity contribution in [3.8, 4) is 6.07 Å². The summed E-state index contributed by atoms with van der Waals surface area (Å²) in [6.07, 6.45) is 0. The summed E-state index contributed by atoms with van der Waals surface area (Å²) in [5, 5.41) is 10.4. The predicted molar refractivity (Wildman–Crippen MR) is 74.8 cm³/mol. The van der Waals surface area contributed by atoms with E-state index in [0.717, 1.165) is 10.8 Å². The molecule has 0 aliphatic rings. The Labute approximate surface area is 108 Å². The van der Waals surface area contributed by atoms with Crippen molar-refractivity contribution in [2.75, 3.05) is 0 Å². The molecular formula is C13H19NOSi2. The van der Waals surface area contributed by atoms with Gasteiger partial charge in [0, 0.05) is 0 Å². The zero-order chi connectivity index (χ0) is 13.1. The third kappa shape index (κ3) is 4.12. The van der Waals surface area contributed by atoms with E-state index in [9.17, 15) is 0 Å². The fourth-order valence-electron chi connectivity index (χ4n) is 1.44. The van der Waals surface area contributed by atoms with E-state index in [1.807, 2.05) is 24.3 Å². The van der Waals surface area contributed by atoms with Crippen molar-refractivity contribution in [2.45, 2.75) is 38.9 Å². The Morgan fingerprint density at radius 1 is 1.24 bits per heavy atom. The highest BCUT2D eigenvalue weighted by Crippen LogP contribution is 2.22. The van der Waals surface area contributed by atoms with Crippen molar-refractivity contribution >= 4 is 23.3 Å². The van der Waals surface area contributed by atoms with Crippen LogP contribution in [0.2, 0.25) is 18.1 Å². The molecule has 0 aromatic heterocycles. The van der Waals surface area contributed by atoms with Gasteiger partial charge in [-0.25, -0.2) is 0 Å². The van der Waals surface area contributed by atoms with Crippen LogP contribution < -0.4 is 5.19 Å². The molecule has 17 heavy (non-hydrogen) atoms. The van der Waals surface area contributed by atoms with E-state index in [4.69, 9.17) is 9.38 Å². The molecule has 4 heteroatoms.